The van der Waals surface area contributed by atoms with Gasteiger partial charge in [-0.2, -0.15) is 9.61 Å². The minimum Gasteiger partial charge on any atom is -0.513 e. The number of benzene rings is 1. The van der Waals surface area contributed by atoms with Gasteiger partial charge in [-0.15, -0.1) is 0 Å². The Morgan fingerprint density at radius 3 is 2.91 bits per heavy atom. The van der Waals surface area contributed by atoms with E-state index >= 15 is 0 Å². The number of aromatic nitrogens is 3. The highest BCUT2D eigenvalue weighted by molar-refractivity contribution is 5.68. The van der Waals surface area contributed by atoms with Crippen LogP contribution in [0.15, 0.2) is 48.9 Å². The van der Waals surface area contributed by atoms with Crippen molar-refractivity contribution in [1.82, 2.24) is 14.6 Å². The van der Waals surface area contributed by atoms with Gasteiger partial charge in [0.15, 0.2) is 5.65 Å². The molecular formula is C17H17FN4O. The zero-order chi connectivity index (χ0) is 16.4. The molecule has 1 aromatic carbocycles. The van der Waals surface area contributed by atoms with Crippen molar-refractivity contribution in [3.05, 3.63) is 60.2 Å². The van der Waals surface area contributed by atoms with Gasteiger partial charge in [0.2, 0.25) is 0 Å². The lowest BCUT2D eigenvalue weighted by Gasteiger charge is -2.11. The molecule has 0 radical (unpaired) electrons. The third-order valence-electron chi connectivity index (χ3n) is 3.52. The molecular weight excluding hydrogens is 295 g/mol. The number of halogens is 1. The van der Waals surface area contributed by atoms with Crippen LogP contribution in [0.25, 0.3) is 16.9 Å². The molecule has 6 heteroatoms. The van der Waals surface area contributed by atoms with Crippen molar-refractivity contribution in [2.24, 2.45) is 0 Å². The second kappa shape index (κ2) is 6.08. The second-order valence-electron chi connectivity index (χ2n) is 5.31. The molecule has 0 atom stereocenters. The van der Waals surface area contributed by atoms with Crippen LogP contribution in [0.3, 0.4) is 0 Å². The largest absolute Gasteiger partial charge is 0.513 e. The summed E-state index contributed by atoms with van der Waals surface area (Å²) in [4.78, 5) is 4.52. The highest BCUT2D eigenvalue weighted by Crippen LogP contribution is 2.25. The van der Waals surface area contributed by atoms with Crippen LogP contribution in [0.2, 0.25) is 0 Å². The summed E-state index contributed by atoms with van der Waals surface area (Å²) in [6.07, 6.45) is 2.13. The highest BCUT2D eigenvalue weighted by Gasteiger charge is 2.12. The van der Waals surface area contributed by atoms with Crippen molar-refractivity contribution in [1.29, 1.82) is 0 Å². The highest BCUT2D eigenvalue weighted by atomic mass is 19.1. The van der Waals surface area contributed by atoms with Crippen molar-refractivity contribution in [3.8, 4) is 11.3 Å². The third-order valence-corrected chi connectivity index (χ3v) is 3.52. The lowest BCUT2D eigenvalue weighted by atomic mass is 10.1. The van der Waals surface area contributed by atoms with E-state index in [1.54, 1.807) is 35.0 Å². The van der Waals surface area contributed by atoms with Gasteiger partial charge in [0, 0.05) is 30.2 Å². The topological polar surface area (TPSA) is 62.5 Å². The summed E-state index contributed by atoms with van der Waals surface area (Å²) in [7, 11) is 0. The zero-order valence-electron chi connectivity index (χ0n) is 12.8. The van der Waals surface area contributed by atoms with Gasteiger partial charge in [0.05, 0.1) is 17.6 Å². The molecule has 0 aliphatic rings. The van der Waals surface area contributed by atoms with Crippen molar-refractivity contribution in [2.75, 3.05) is 11.9 Å². The smallest absolute Gasteiger partial charge is 0.160 e. The Bertz CT molecular complexity index is 872. The fourth-order valence-corrected chi connectivity index (χ4v) is 2.34. The van der Waals surface area contributed by atoms with Crippen LogP contribution in [0, 0.1) is 12.7 Å². The number of nitrogens with zero attached hydrogens (tertiary/aromatic N) is 3. The van der Waals surface area contributed by atoms with E-state index in [2.05, 4.69) is 22.0 Å². The minimum absolute atomic E-state index is 0.105. The molecule has 23 heavy (non-hydrogen) atoms. The summed E-state index contributed by atoms with van der Waals surface area (Å²) < 4.78 is 15.7. The van der Waals surface area contributed by atoms with Gasteiger partial charge in [0.1, 0.15) is 11.6 Å². The van der Waals surface area contributed by atoms with Gasteiger partial charge in [-0.1, -0.05) is 18.7 Å². The van der Waals surface area contributed by atoms with Gasteiger partial charge >= 0.3 is 0 Å². The van der Waals surface area contributed by atoms with Gasteiger partial charge in [-0.05, 0) is 19.1 Å². The van der Waals surface area contributed by atoms with E-state index in [-0.39, 0.29) is 11.6 Å². The summed E-state index contributed by atoms with van der Waals surface area (Å²) in [6.45, 7) is 5.85. The van der Waals surface area contributed by atoms with Crippen LogP contribution >= 0.6 is 0 Å². The predicted molar refractivity (Wildman–Crippen MR) is 88.0 cm³/mol. The van der Waals surface area contributed by atoms with E-state index in [9.17, 15) is 9.50 Å². The maximum Gasteiger partial charge on any atom is 0.160 e. The number of nitrogens with one attached hydrogen (secondary N) is 1. The molecule has 3 aromatic rings. The van der Waals surface area contributed by atoms with E-state index in [1.165, 1.54) is 6.07 Å². The lowest BCUT2D eigenvalue weighted by molar-refractivity contribution is 0.395. The Kier molecular flexibility index (Phi) is 3.97. The molecule has 0 unspecified atom stereocenters. The zero-order valence-corrected chi connectivity index (χ0v) is 12.8. The molecule has 2 N–H and O–H groups in total. The molecule has 3 rings (SSSR count). The molecule has 0 aliphatic carbocycles. The van der Waals surface area contributed by atoms with Crippen LogP contribution < -0.4 is 5.32 Å². The van der Waals surface area contributed by atoms with Gasteiger partial charge in [-0.3, -0.25) is 0 Å². The first-order valence-corrected chi connectivity index (χ1v) is 7.27. The standard InChI is InChI=1S/C17H17FN4O/c1-11-10-20-22-16(19-8-7-12(2)23)9-15(21-17(11)22)13-5-3-4-6-14(13)18/h3-6,9-10,19,23H,2,7-8H2,1H3. The molecule has 118 valence electrons. The van der Waals surface area contributed by atoms with Gasteiger partial charge in [0.25, 0.3) is 0 Å². The Hall–Kier alpha value is -2.89. The monoisotopic (exact) mass is 312 g/mol. The molecule has 0 spiro atoms. The molecule has 2 heterocycles. The summed E-state index contributed by atoms with van der Waals surface area (Å²) in [5.74, 6) is 0.465. The van der Waals surface area contributed by atoms with Crippen LogP contribution in [-0.4, -0.2) is 26.2 Å². The summed E-state index contributed by atoms with van der Waals surface area (Å²) in [6, 6.07) is 8.27. The van der Waals surface area contributed by atoms with Crippen LogP contribution in [0.5, 0.6) is 0 Å². The van der Waals surface area contributed by atoms with E-state index in [0.717, 1.165) is 5.56 Å². The first kappa shape index (κ1) is 15.0. The molecule has 5 nitrogen and oxygen atoms in total. The third kappa shape index (κ3) is 3.01. The van der Waals surface area contributed by atoms with Crippen molar-refractivity contribution in [3.63, 3.8) is 0 Å². The van der Waals surface area contributed by atoms with Crippen LogP contribution in [-0.2, 0) is 0 Å². The molecule has 0 aliphatic heterocycles. The van der Waals surface area contributed by atoms with Crippen molar-refractivity contribution >= 4 is 11.5 Å². The molecule has 2 aromatic heterocycles. The average molecular weight is 312 g/mol. The average Bonchev–Trinajstić information content (AvgIpc) is 2.89. The quantitative estimate of drug-likeness (QED) is 0.705. The number of hydrogen-bond donors (Lipinski definition) is 2. The maximum atomic E-state index is 14.1. The molecule has 0 saturated carbocycles. The van der Waals surface area contributed by atoms with E-state index in [4.69, 9.17) is 0 Å². The van der Waals surface area contributed by atoms with E-state index in [0.29, 0.717) is 35.7 Å². The first-order valence-electron chi connectivity index (χ1n) is 7.27. The SMILES string of the molecule is C=C(O)CCNc1cc(-c2ccccc2F)nc2c(C)cnn12. The summed E-state index contributed by atoms with van der Waals surface area (Å²) >= 11 is 0. The van der Waals surface area contributed by atoms with Crippen molar-refractivity contribution < 1.29 is 9.50 Å². The number of rotatable bonds is 5. The fraction of sp³-hybridized carbons (Fsp3) is 0.176. The number of hydrogen-bond acceptors (Lipinski definition) is 4. The van der Waals surface area contributed by atoms with Crippen molar-refractivity contribution in [2.45, 2.75) is 13.3 Å². The lowest BCUT2D eigenvalue weighted by Crippen LogP contribution is -2.09. The number of anilines is 1. The molecule has 0 bridgehead atoms. The number of aliphatic hydroxyl groups excluding tert-OH is 1. The van der Waals surface area contributed by atoms with E-state index in [1.807, 2.05) is 6.92 Å². The predicted octanol–water partition coefficient (Wildman–Crippen LogP) is 3.72. The molecule has 0 saturated heterocycles. The Morgan fingerprint density at radius 2 is 2.17 bits per heavy atom. The Morgan fingerprint density at radius 1 is 1.39 bits per heavy atom. The number of aliphatic hydroxyl groups is 1. The maximum absolute atomic E-state index is 14.1. The Labute approximate surface area is 133 Å². The fourth-order valence-electron chi connectivity index (χ4n) is 2.34. The molecule has 0 amide bonds. The normalized spacial score (nSPS) is 10.9. The Balaban J connectivity index is 2.07. The van der Waals surface area contributed by atoms with Gasteiger partial charge in [-0.25, -0.2) is 9.37 Å². The summed E-state index contributed by atoms with van der Waals surface area (Å²) in [5, 5.41) is 16.7. The second-order valence-corrected chi connectivity index (χ2v) is 5.31. The number of fused-ring (bicyclic) bond motifs is 1. The number of aryl methyl sites for hydroxylation is 1. The summed E-state index contributed by atoms with van der Waals surface area (Å²) in [5.41, 5.74) is 2.53. The first-order chi connectivity index (χ1) is 11.1. The van der Waals surface area contributed by atoms with E-state index < -0.39 is 0 Å². The minimum atomic E-state index is -0.323. The van der Waals surface area contributed by atoms with Gasteiger partial charge < -0.3 is 10.4 Å². The van der Waals surface area contributed by atoms with Crippen LogP contribution in [0.4, 0.5) is 10.2 Å². The molecule has 0 fully saturated rings. The van der Waals surface area contributed by atoms with Crippen LogP contribution in [0.1, 0.15) is 12.0 Å².